The molecule has 0 spiro atoms. The van der Waals surface area contributed by atoms with Crippen LogP contribution in [0, 0.1) is 6.92 Å². The van der Waals surface area contributed by atoms with Gasteiger partial charge in [-0.05, 0) is 37.2 Å². The molecular formula is C12H16N4. The van der Waals surface area contributed by atoms with Gasteiger partial charge in [-0.3, -0.25) is 9.67 Å². The first kappa shape index (κ1) is 10.8. The molecule has 0 saturated carbocycles. The number of rotatable bonds is 3. The molecule has 16 heavy (non-hydrogen) atoms. The molecule has 4 heteroatoms. The summed E-state index contributed by atoms with van der Waals surface area (Å²) in [6.45, 7) is 2.09. The van der Waals surface area contributed by atoms with Crippen molar-refractivity contribution in [2.45, 2.75) is 13.0 Å². The Morgan fingerprint density at radius 3 is 2.75 bits per heavy atom. The largest absolute Gasteiger partial charge is 0.308 e. The molecule has 0 aromatic carbocycles. The lowest BCUT2D eigenvalue weighted by Gasteiger charge is -2.15. The van der Waals surface area contributed by atoms with Crippen LogP contribution in [0.2, 0.25) is 0 Å². The topological polar surface area (TPSA) is 42.7 Å². The fourth-order valence-electron chi connectivity index (χ4n) is 1.83. The van der Waals surface area contributed by atoms with Crippen molar-refractivity contribution in [1.29, 1.82) is 0 Å². The molecule has 1 unspecified atom stereocenters. The summed E-state index contributed by atoms with van der Waals surface area (Å²) in [5.74, 6) is 0. The van der Waals surface area contributed by atoms with Gasteiger partial charge in [0.25, 0.3) is 0 Å². The van der Waals surface area contributed by atoms with Crippen molar-refractivity contribution in [3.8, 4) is 0 Å². The van der Waals surface area contributed by atoms with Crippen molar-refractivity contribution >= 4 is 0 Å². The van der Waals surface area contributed by atoms with Crippen molar-refractivity contribution in [3.05, 3.63) is 47.5 Å². The Bertz CT molecular complexity index is 475. The fraction of sp³-hybridized carbons (Fsp3) is 0.333. The number of aromatic nitrogens is 3. The van der Waals surface area contributed by atoms with E-state index in [-0.39, 0.29) is 6.04 Å². The zero-order valence-electron chi connectivity index (χ0n) is 9.81. The summed E-state index contributed by atoms with van der Waals surface area (Å²) in [5.41, 5.74) is 3.41. The molecule has 2 rings (SSSR count). The molecule has 4 nitrogen and oxygen atoms in total. The average Bonchev–Trinajstić information content (AvgIpc) is 2.69. The highest BCUT2D eigenvalue weighted by atomic mass is 15.3. The van der Waals surface area contributed by atoms with Crippen LogP contribution in [0.3, 0.4) is 0 Å². The Kier molecular flexibility index (Phi) is 3.01. The summed E-state index contributed by atoms with van der Waals surface area (Å²) in [7, 11) is 3.86. The van der Waals surface area contributed by atoms with Crippen LogP contribution in [0.5, 0.6) is 0 Å². The second kappa shape index (κ2) is 4.45. The number of nitrogens with one attached hydrogen (secondary N) is 1. The Labute approximate surface area is 95.3 Å². The standard InChI is InChI=1S/C12H16N4/c1-9-4-6-14-8-10(9)12(13-2)11-5-7-16(3)15-11/h4-8,12-13H,1-3H3. The predicted molar refractivity (Wildman–Crippen MR) is 63.1 cm³/mol. The molecular weight excluding hydrogens is 200 g/mol. The first-order valence-electron chi connectivity index (χ1n) is 5.29. The van der Waals surface area contributed by atoms with E-state index in [1.54, 1.807) is 0 Å². The summed E-state index contributed by atoms with van der Waals surface area (Å²) >= 11 is 0. The molecule has 1 atom stereocenters. The normalized spacial score (nSPS) is 12.7. The van der Waals surface area contributed by atoms with Crippen LogP contribution in [-0.4, -0.2) is 21.8 Å². The number of nitrogens with zero attached hydrogens (tertiary/aromatic N) is 3. The minimum Gasteiger partial charge on any atom is -0.308 e. The maximum Gasteiger partial charge on any atom is 0.0839 e. The van der Waals surface area contributed by atoms with Gasteiger partial charge in [-0.2, -0.15) is 5.10 Å². The van der Waals surface area contributed by atoms with Crippen LogP contribution in [0.25, 0.3) is 0 Å². The Balaban J connectivity index is 2.40. The summed E-state index contributed by atoms with van der Waals surface area (Å²) in [5, 5.41) is 7.70. The van der Waals surface area contributed by atoms with Crippen molar-refractivity contribution in [2.75, 3.05) is 7.05 Å². The van der Waals surface area contributed by atoms with E-state index in [0.29, 0.717) is 0 Å². The molecule has 84 valence electrons. The Morgan fingerprint density at radius 2 is 2.19 bits per heavy atom. The predicted octanol–water partition coefficient (Wildman–Crippen LogP) is 1.43. The highest BCUT2D eigenvalue weighted by Crippen LogP contribution is 2.21. The van der Waals surface area contributed by atoms with E-state index in [4.69, 9.17) is 0 Å². The molecule has 0 aliphatic carbocycles. The third-order valence-electron chi connectivity index (χ3n) is 2.71. The van der Waals surface area contributed by atoms with Crippen molar-refractivity contribution in [3.63, 3.8) is 0 Å². The molecule has 0 aliphatic heterocycles. The zero-order valence-corrected chi connectivity index (χ0v) is 9.81. The lowest BCUT2D eigenvalue weighted by molar-refractivity contribution is 0.637. The molecule has 0 radical (unpaired) electrons. The molecule has 0 fully saturated rings. The highest BCUT2D eigenvalue weighted by molar-refractivity contribution is 5.31. The number of hydrogen-bond donors (Lipinski definition) is 1. The average molecular weight is 216 g/mol. The number of pyridine rings is 1. The zero-order chi connectivity index (χ0) is 11.5. The van der Waals surface area contributed by atoms with Gasteiger partial charge >= 0.3 is 0 Å². The molecule has 0 bridgehead atoms. The van der Waals surface area contributed by atoms with Gasteiger partial charge < -0.3 is 5.32 Å². The summed E-state index contributed by atoms with van der Waals surface area (Å²) in [4.78, 5) is 4.17. The first-order chi connectivity index (χ1) is 7.72. The van der Waals surface area contributed by atoms with Crippen LogP contribution < -0.4 is 5.32 Å². The van der Waals surface area contributed by atoms with Crippen LogP contribution >= 0.6 is 0 Å². The van der Waals surface area contributed by atoms with Gasteiger partial charge in [-0.25, -0.2) is 0 Å². The van der Waals surface area contributed by atoms with Gasteiger partial charge in [-0.1, -0.05) is 0 Å². The summed E-state index contributed by atoms with van der Waals surface area (Å²) < 4.78 is 1.81. The molecule has 0 saturated heterocycles. The fourth-order valence-corrected chi connectivity index (χ4v) is 1.83. The van der Waals surface area contributed by atoms with Crippen molar-refractivity contribution in [1.82, 2.24) is 20.1 Å². The second-order valence-electron chi connectivity index (χ2n) is 3.87. The minimum atomic E-state index is 0.106. The maximum atomic E-state index is 4.43. The quantitative estimate of drug-likeness (QED) is 0.844. The van der Waals surface area contributed by atoms with E-state index < -0.39 is 0 Å². The molecule has 1 N–H and O–H groups in total. The van der Waals surface area contributed by atoms with Gasteiger partial charge in [0.1, 0.15) is 0 Å². The van der Waals surface area contributed by atoms with Gasteiger partial charge in [0.05, 0.1) is 11.7 Å². The smallest absolute Gasteiger partial charge is 0.0839 e. The van der Waals surface area contributed by atoms with Crippen LogP contribution in [0.15, 0.2) is 30.7 Å². The van der Waals surface area contributed by atoms with Crippen LogP contribution in [0.1, 0.15) is 22.9 Å². The van der Waals surface area contributed by atoms with Crippen LogP contribution in [-0.2, 0) is 7.05 Å². The van der Waals surface area contributed by atoms with E-state index in [2.05, 4.69) is 22.3 Å². The van der Waals surface area contributed by atoms with E-state index in [1.807, 2.05) is 49.5 Å². The lowest BCUT2D eigenvalue weighted by Crippen LogP contribution is -2.19. The SMILES string of the molecule is CNC(c1ccn(C)n1)c1cnccc1C. The van der Waals surface area contributed by atoms with Gasteiger partial charge in [0.2, 0.25) is 0 Å². The van der Waals surface area contributed by atoms with E-state index >= 15 is 0 Å². The molecule has 0 amide bonds. The first-order valence-corrected chi connectivity index (χ1v) is 5.29. The number of hydrogen-bond acceptors (Lipinski definition) is 3. The van der Waals surface area contributed by atoms with E-state index in [9.17, 15) is 0 Å². The second-order valence-corrected chi connectivity index (χ2v) is 3.87. The van der Waals surface area contributed by atoms with Gasteiger partial charge in [-0.15, -0.1) is 0 Å². The van der Waals surface area contributed by atoms with Crippen molar-refractivity contribution in [2.24, 2.45) is 7.05 Å². The molecule has 2 heterocycles. The van der Waals surface area contributed by atoms with Gasteiger partial charge in [0, 0.05) is 25.6 Å². The third kappa shape index (κ3) is 1.97. The Morgan fingerprint density at radius 1 is 1.38 bits per heavy atom. The van der Waals surface area contributed by atoms with Crippen LogP contribution in [0.4, 0.5) is 0 Å². The molecule has 2 aromatic rings. The molecule has 2 aromatic heterocycles. The highest BCUT2D eigenvalue weighted by Gasteiger charge is 2.16. The minimum absolute atomic E-state index is 0.106. The van der Waals surface area contributed by atoms with E-state index in [1.165, 1.54) is 11.1 Å². The van der Waals surface area contributed by atoms with Gasteiger partial charge in [0.15, 0.2) is 0 Å². The van der Waals surface area contributed by atoms with E-state index in [0.717, 1.165) is 5.69 Å². The summed E-state index contributed by atoms with van der Waals surface area (Å²) in [6, 6.07) is 4.14. The van der Waals surface area contributed by atoms with Crippen molar-refractivity contribution < 1.29 is 0 Å². The summed E-state index contributed by atoms with van der Waals surface area (Å²) in [6.07, 6.45) is 5.65. The number of aryl methyl sites for hydroxylation is 2. The maximum absolute atomic E-state index is 4.43. The lowest BCUT2D eigenvalue weighted by atomic mass is 10.0. The molecule has 0 aliphatic rings. The monoisotopic (exact) mass is 216 g/mol. The third-order valence-corrected chi connectivity index (χ3v) is 2.71. The Hall–Kier alpha value is -1.68.